The molecule has 98 valence electrons. The predicted octanol–water partition coefficient (Wildman–Crippen LogP) is 5.88. The van der Waals surface area contributed by atoms with Gasteiger partial charge in [-0.3, -0.25) is 0 Å². The van der Waals surface area contributed by atoms with Crippen molar-refractivity contribution in [2.45, 2.75) is 0 Å². The van der Waals surface area contributed by atoms with Gasteiger partial charge in [-0.2, -0.15) is 0 Å². The van der Waals surface area contributed by atoms with E-state index in [-0.39, 0.29) is 5.82 Å². The van der Waals surface area contributed by atoms with Gasteiger partial charge in [0.25, 0.3) is 0 Å². The average Bonchev–Trinajstić information content (AvgIpc) is 2.53. The van der Waals surface area contributed by atoms with E-state index in [0.29, 0.717) is 5.39 Å². The number of fused-ring (bicyclic) bond motifs is 2. The number of hydrogen-bond donors (Lipinski definition) is 0. The van der Waals surface area contributed by atoms with Crippen LogP contribution >= 0.6 is 0 Å². The molecular formula is C20H11F. The topological polar surface area (TPSA) is 0 Å². The monoisotopic (exact) mass is 270 g/mol. The predicted molar refractivity (Wildman–Crippen MR) is 87.6 cm³/mol. The van der Waals surface area contributed by atoms with Gasteiger partial charge in [-0.1, -0.05) is 54.6 Å². The van der Waals surface area contributed by atoms with Crippen molar-refractivity contribution in [2.24, 2.45) is 0 Å². The van der Waals surface area contributed by atoms with E-state index in [1.807, 2.05) is 12.1 Å². The van der Waals surface area contributed by atoms with Crippen LogP contribution in [0.15, 0.2) is 66.7 Å². The molecule has 5 rings (SSSR count). The third-order valence-corrected chi connectivity index (χ3v) is 4.45. The van der Waals surface area contributed by atoms with Gasteiger partial charge in [0.05, 0.1) is 0 Å². The lowest BCUT2D eigenvalue weighted by atomic mass is 9.91. The summed E-state index contributed by atoms with van der Waals surface area (Å²) in [6.45, 7) is 0. The van der Waals surface area contributed by atoms with Crippen molar-refractivity contribution < 1.29 is 4.39 Å². The molecule has 0 heterocycles. The summed E-state index contributed by atoms with van der Waals surface area (Å²) in [4.78, 5) is 0. The summed E-state index contributed by atoms with van der Waals surface area (Å²) in [5, 5.41) is 8.91. The van der Waals surface area contributed by atoms with Gasteiger partial charge < -0.3 is 0 Å². The molecule has 0 bridgehead atoms. The van der Waals surface area contributed by atoms with Crippen LogP contribution in [0, 0.1) is 5.82 Å². The summed E-state index contributed by atoms with van der Waals surface area (Å²) in [7, 11) is 0. The lowest BCUT2D eigenvalue weighted by molar-refractivity contribution is 0.640. The van der Waals surface area contributed by atoms with E-state index in [9.17, 15) is 4.39 Å². The average molecular weight is 270 g/mol. The van der Waals surface area contributed by atoms with Crippen molar-refractivity contribution >= 4 is 43.1 Å². The Morgan fingerprint density at radius 1 is 0.524 bits per heavy atom. The second kappa shape index (κ2) is 3.70. The molecule has 0 N–H and O–H groups in total. The number of benzene rings is 5. The maximum Gasteiger partial charge on any atom is 0.131 e. The second-order valence-electron chi connectivity index (χ2n) is 5.57. The Labute approximate surface area is 120 Å². The third-order valence-electron chi connectivity index (χ3n) is 4.45. The van der Waals surface area contributed by atoms with E-state index >= 15 is 0 Å². The molecule has 0 saturated heterocycles. The molecule has 0 unspecified atom stereocenters. The van der Waals surface area contributed by atoms with E-state index in [1.54, 1.807) is 6.07 Å². The van der Waals surface area contributed by atoms with E-state index < -0.39 is 0 Å². The highest BCUT2D eigenvalue weighted by Crippen LogP contribution is 2.38. The first-order chi connectivity index (χ1) is 10.3. The van der Waals surface area contributed by atoms with E-state index in [0.717, 1.165) is 16.2 Å². The Balaban J connectivity index is 2.21. The number of rotatable bonds is 0. The standard InChI is InChI=1S/C20H11F/c21-18-6-2-5-15-16-10-9-13-4-1-3-12-7-8-14(11-17(15)18)20(16)19(12)13/h1-11H. The summed E-state index contributed by atoms with van der Waals surface area (Å²) >= 11 is 0. The third kappa shape index (κ3) is 1.33. The molecule has 0 radical (unpaired) electrons. The molecular weight excluding hydrogens is 259 g/mol. The van der Waals surface area contributed by atoms with Crippen LogP contribution in [0.2, 0.25) is 0 Å². The first-order valence-corrected chi connectivity index (χ1v) is 7.08. The summed E-state index contributed by atoms with van der Waals surface area (Å²) in [6, 6.07) is 22.1. The second-order valence-corrected chi connectivity index (χ2v) is 5.57. The minimum absolute atomic E-state index is 0.155. The molecule has 0 aliphatic heterocycles. The molecule has 0 fully saturated rings. The highest BCUT2D eigenvalue weighted by atomic mass is 19.1. The SMILES string of the molecule is Fc1cccc2c1cc1ccc3cccc4ccc2c1c34. The smallest absolute Gasteiger partial charge is 0.131 e. The first kappa shape index (κ1) is 11.0. The molecule has 0 aliphatic carbocycles. The lowest BCUT2D eigenvalue weighted by Gasteiger charge is -2.13. The maximum atomic E-state index is 14.1. The summed E-state index contributed by atoms with van der Waals surface area (Å²) in [5.41, 5.74) is 0. The molecule has 5 aromatic rings. The number of hydrogen-bond acceptors (Lipinski definition) is 0. The first-order valence-electron chi connectivity index (χ1n) is 7.08. The van der Waals surface area contributed by atoms with Gasteiger partial charge in [0.2, 0.25) is 0 Å². The van der Waals surface area contributed by atoms with Gasteiger partial charge in [-0.05, 0) is 49.8 Å². The minimum atomic E-state index is -0.155. The highest BCUT2D eigenvalue weighted by molar-refractivity contribution is 6.28. The Kier molecular flexibility index (Phi) is 1.95. The van der Waals surface area contributed by atoms with Crippen LogP contribution in [0.4, 0.5) is 4.39 Å². The van der Waals surface area contributed by atoms with Crippen molar-refractivity contribution in [1.29, 1.82) is 0 Å². The summed E-state index contributed by atoms with van der Waals surface area (Å²) in [5.74, 6) is -0.155. The molecule has 0 nitrogen and oxygen atoms in total. The van der Waals surface area contributed by atoms with Gasteiger partial charge in [0.1, 0.15) is 5.82 Å². The van der Waals surface area contributed by atoms with E-state index in [1.165, 1.54) is 27.6 Å². The quantitative estimate of drug-likeness (QED) is 0.243. The van der Waals surface area contributed by atoms with Gasteiger partial charge in [-0.15, -0.1) is 0 Å². The normalized spacial score (nSPS) is 12.0. The van der Waals surface area contributed by atoms with E-state index in [4.69, 9.17) is 0 Å². The van der Waals surface area contributed by atoms with Crippen LogP contribution in [0.1, 0.15) is 0 Å². The van der Waals surface area contributed by atoms with Crippen molar-refractivity contribution in [1.82, 2.24) is 0 Å². The lowest BCUT2D eigenvalue weighted by Crippen LogP contribution is -1.87. The van der Waals surface area contributed by atoms with Gasteiger partial charge in [-0.25, -0.2) is 4.39 Å². The zero-order chi connectivity index (χ0) is 14.0. The maximum absolute atomic E-state index is 14.1. The molecule has 0 saturated carbocycles. The van der Waals surface area contributed by atoms with Crippen molar-refractivity contribution in [3.8, 4) is 0 Å². The highest BCUT2D eigenvalue weighted by Gasteiger charge is 2.11. The zero-order valence-electron chi connectivity index (χ0n) is 11.2. The molecule has 0 aliphatic rings. The van der Waals surface area contributed by atoms with Gasteiger partial charge >= 0.3 is 0 Å². The van der Waals surface area contributed by atoms with Crippen molar-refractivity contribution in [2.75, 3.05) is 0 Å². The van der Waals surface area contributed by atoms with Gasteiger partial charge in [0.15, 0.2) is 0 Å². The minimum Gasteiger partial charge on any atom is -0.206 e. The molecule has 0 atom stereocenters. The summed E-state index contributed by atoms with van der Waals surface area (Å²) in [6.07, 6.45) is 0. The molecule has 1 heteroatoms. The van der Waals surface area contributed by atoms with Crippen LogP contribution in [0.5, 0.6) is 0 Å². The number of halogens is 1. The molecule has 0 spiro atoms. The van der Waals surface area contributed by atoms with Crippen LogP contribution < -0.4 is 0 Å². The largest absolute Gasteiger partial charge is 0.206 e. The molecule has 0 amide bonds. The van der Waals surface area contributed by atoms with Crippen LogP contribution in [-0.2, 0) is 0 Å². The Bertz CT molecular complexity index is 1120. The van der Waals surface area contributed by atoms with Crippen molar-refractivity contribution in [3.05, 3.63) is 72.5 Å². The molecule has 21 heavy (non-hydrogen) atoms. The van der Waals surface area contributed by atoms with Crippen LogP contribution in [0.25, 0.3) is 43.1 Å². The van der Waals surface area contributed by atoms with Crippen LogP contribution in [-0.4, -0.2) is 0 Å². The fourth-order valence-corrected chi connectivity index (χ4v) is 3.53. The Hall–Kier alpha value is -2.67. The van der Waals surface area contributed by atoms with Crippen molar-refractivity contribution in [3.63, 3.8) is 0 Å². The van der Waals surface area contributed by atoms with E-state index in [2.05, 4.69) is 42.5 Å². The zero-order valence-corrected chi connectivity index (χ0v) is 11.2. The molecule has 5 aromatic carbocycles. The van der Waals surface area contributed by atoms with Crippen LogP contribution in [0.3, 0.4) is 0 Å². The summed E-state index contributed by atoms with van der Waals surface area (Å²) < 4.78 is 14.1. The fourth-order valence-electron chi connectivity index (χ4n) is 3.53. The Morgan fingerprint density at radius 3 is 2.10 bits per heavy atom. The molecule has 0 aromatic heterocycles. The van der Waals surface area contributed by atoms with Gasteiger partial charge in [0, 0.05) is 5.39 Å². The fraction of sp³-hybridized carbons (Fsp3) is 0. The Morgan fingerprint density at radius 2 is 1.24 bits per heavy atom.